The number of esters is 1. The summed E-state index contributed by atoms with van der Waals surface area (Å²) in [5, 5.41) is 14.8. The molecule has 27 heavy (non-hydrogen) atoms. The molecule has 6 nitrogen and oxygen atoms in total. The van der Waals surface area contributed by atoms with E-state index < -0.39 is 11.9 Å². The van der Waals surface area contributed by atoms with E-state index in [2.05, 4.69) is 10.6 Å². The van der Waals surface area contributed by atoms with Gasteiger partial charge in [-0.1, -0.05) is 6.07 Å². The summed E-state index contributed by atoms with van der Waals surface area (Å²) in [5.41, 5.74) is 1.57. The highest BCUT2D eigenvalue weighted by molar-refractivity contribution is 7.98. The van der Waals surface area contributed by atoms with E-state index in [-0.39, 0.29) is 5.57 Å². The van der Waals surface area contributed by atoms with Crippen LogP contribution in [0.25, 0.3) is 0 Å². The van der Waals surface area contributed by atoms with E-state index in [4.69, 9.17) is 4.74 Å². The summed E-state index contributed by atoms with van der Waals surface area (Å²) in [4.78, 5) is 25.0. The van der Waals surface area contributed by atoms with Crippen molar-refractivity contribution >= 4 is 35.0 Å². The average Bonchev–Trinajstić information content (AvgIpc) is 2.69. The fourth-order valence-electron chi connectivity index (χ4n) is 2.12. The van der Waals surface area contributed by atoms with Gasteiger partial charge in [0.15, 0.2) is 0 Å². The molecule has 0 aliphatic heterocycles. The summed E-state index contributed by atoms with van der Waals surface area (Å²) in [6.07, 6.45) is 3.33. The molecule has 2 N–H and O–H groups in total. The number of amides is 1. The van der Waals surface area contributed by atoms with Crippen molar-refractivity contribution in [3.05, 3.63) is 65.9 Å². The van der Waals surface area contributed by atoms with Gasteiger partial charge in [-0.15, -0.1) is 11.8 Å². The van der Waals surface area contributed by atoms with Crippen molar-refractivity contribution in [2.45, 2.75) is 11.8 Å². The number of thioether (sulfide) groups is 1. The molecule has 0 aromatic heterocycles. The summed E-state index contributed by atoms with van der Waals surface area (Å²) in [6.45, 7) is 2.02. The first-order chi connectivity index (χ1) is 13.1. The third kappa shape index (κ3) is 5.90. The van der Waals surface area contributed by atoms with E-state index in [1.165, 1.54) is 6.20 Å². The molecule has 0 aliphatic rings. The summed E-state index contributed by atoms with van der Waals surface area (Å²) in [6, 6.07) is 15.8. The van der Waals surface area contributed by atoms with Gasteiger partial charge >= 0.3 is 5.97 Å². The number of carbonyl (C=O) groups excluding carboxylic acids is 2. The molecular weight excluding hydrogens is 362 g/mol. The molecule has 0 bridgehead atoms. The first-order valence-corrected chi connectivity index (χ1v) is 9.39. The van der Waals surface area contributed by atoms with Crippen molar-refractivity contribution in [1.29, 1.82) is 5.26 Å². The summed E-state index contributed by atoms with van der Waals surface area (Å²) < 4.78 is 4.91. The number of benzene rings is 2. The topological polar surface area (TPSA) is 91.2 Å². The Hall–Kier alpha value is -3.24. The average molecular weight is 381 g/mol. The molecule has 0 spiro atoms. The van der Waals surface area contributed by atoms with Gasteiger partial charge in [0.1, 0.15) is 11.6 Å². The van der Waals surface area contributed by atoms with Gasteiger partial charge in [0, 0.05) is 22.5 Å². The molecule has 1 amide bonds. The number of hydrogen-bond donors (Lipinski definition) is 2. The van der Waals surface area contributed by atoms with Crippen LogP contribution in [0.15, 0.2) is 65.2 Å². The zero-order valence-corrected chi connectivity index (χ0v) is 15.8. The first-order valence-electron chi connectivity index (χ1n) is 8.16. The molecular formula is C20H19N3O3S. The van der Waals surface area contributed by atoms with Crippen molar-refractivity contribution in [2.24, 2.45) is 0 Å². The van der Waals surface area contributed by atoms with Crippen LogP contribution in [0.2, 0.25) is 0 Å². The Labute approximate surface area is 162 Å². The van der Waals surface area contributed by atoms with Crippen molar-refractivity contribution in [2.75, 3.05) is 23.5 Å². The Morgan fingerprint density at radius 1 is 1.19 bits per heavy atom. The zero-order chi connectivity index (χ0) is 19.6. The molecule has 0 saturated carbocycles. The minimum atomic E-state index is -0.546. The zero-order valence-electron chi connectivity index (χ0n) is 15.0. The number of nitriles is 1. The Morgan fingerprint density at radius 2 is 1.93 bits per heavy atom. The van der Waals surface area contributed by atoms with Crippen LogP contribution in [0.3, 0.4) is 0 Å². The van der Waals surface area contributed by atoms with Gasteiger partial charge in [0.2, 0.25) is 0 Å². The van der Waals surface area contributed by atoms with Crippen molar-refractivity contribution in [3.8, 4) is 6.07 Å². The number of anilines is 2. The van der Waals surface area contributed by atoms with Crippen molar-refractivity contribution < 1.29 is 14.3 Å². The lowest BCUT2D eigenvalue weighted by Gasteiger charge is -2.07. The minimum Gasteiger partial charge on any atom is -0.462 e. The lowest BCUT2D eigenvalue weighted by Crippen LogP contribution is -2.14. The molecule has 0 heterocycles. The quantitative estimate of drug-likeness (QED) is 0.325. The van der Waals surface area contributed by atoms with E-state index in [0.717, 1.165) is 10.6 Å². The fourth-order valence-corrected chi connectivity index (χ4v) is 2.58. The summed E-state index contributed by atoms with van der Waals surface area (Å²) in [5.74, 6) is -0.973. The van der Waals surface area contributed by atoms with Crippen LogP contribution in [-0.4, -0.2) is 24.7 Å². The third-order valence-corrected chi connectivity index (χ3v) is 4.20. The molecule has 0 fully saturated rings. The van der Waals surface area contributed by atoms with Crippen LogP contribution < -0.4 is 10.6 Å². The maximum atomic E-state index is 12.3. The molecule has 2 aromatic carbocycles. The van der Waals surface area contributed by atoms with Crippen LogP contribution in [0.5, 0.6) is 0 Å². The maximum Gasteiger partial charge on any atom is 0.338 e. The van der Waals surface area contributed by atoms with E-state index in [9.17, 15) is 14.9 Å². The molecule has 0 atom stereocenters. The van der Waals surface area contributed by atoms with Gasteiger partial charge in [0.05, 0.1) is 12.2 Å². The summed E-state index contributed by atoms with van der Waals surface area (Å²) in [7, 11) is 0. The monoisotopic (exact) mass is 381 g/mol. The van der Waals surface area contributed by atoms with Crippen LogP contribution in [0.1, 0.15) is 17.3 Å². The third-order valence-electron chi connectivity index (χ3n) is 3.47. The first kappa shape index (κ1) is 20.1. The number of carbonyl (C=O) groups is 2. The molecule has 0 radical (unpaired) electrons. The van der Waals surface area contributed by atoms with E-state index in [1.54, 1.807) is 43.0 Å². The highest BCUT2D eigenvalue weighted by Crippen LogP contribution is 2.19. The van der Waals surface area contributed by atoms with Crippen LogP contribution in [-0.2, 0) is 9.53 Å². The van der Waals surface area contributed by atoms with Gasteiger partial charge in [-0.3, -0.25) is 4.79 Å². The second-order valence-corrected chi connectivity index (χ2v) is 6.18. The van der Waals surface area contributed by atoms with Crippen LogP contribution in [0, 0.1) is 11.3 Å². The highest BCUT2D eigenvalue weighted by Gasteiger charge is 2.11. The van der Waals surface area contributed by atoms with Gasteiger partial charge in [-0.2, -0.15) is 5.26 Å². The largest absolute Gasteiger partial charge is 0.462 e. The van der Waals surface area contributed by atoms with E-state index >= 15 is 0 Å². The summed E-state index contributed by atoms with van der Waals surface area (Å²) >= 11 is 1.60. The molecule has 2 aromatic rings. The van der Waals surface area contributed by atoms with Crippen LogP contribution >= 0.6 is 11.8 Å². The molecule has 0 unspecified atom stereocenters. The molecule has 138 valence electrons. The predicted octanol–water partition coefficient (Wildman–Crippen LogP) is 4.04. The van der Waals surface area contributed by atoms with Gasteiger partial charge in [-0.25, -0.2) is 4.79 Å². The maximum absolute atomic E-state index is 12.3. The SMILES string of the molecule is CCOC(=O)c1ccc(NC(=O)/C(C#N)=C\Nc2cccc(SC)c2)cc1. The van der Waals surface area contributed by atoms with Gasteiger partial charge < -0.3 is 15.4 Å². The number of hydrogen-bond acceptors (Lipinski definition) is 6. The highest BCUT2D eigenvalue weighted by atomic mass is 32.2. The fraction of sp³-hybridized carbons (Fsp3) is 0.150. The van der Waals surface area contributed by atoms with Gasteiger partial charge in [-0.05, 0) is 55.6 Å². The smallest absolute Gasteiger partial charge is 0.338 e. The second-order valence-electron chi connectivity index (χ2n) is 5.30. The normalized spacial score (nSPS) is 10.6. The lowest BCUT2D eigenvalue weighted by molar-refractivity contribution is -0.112. The molecule has 0 aliphatic carbocycles. The van der Waals surface area contributed by atoms with E-state index in [0.29, 0.717) is 17.9 Å². The standard InChI is InChI=1S/C20H19N3O3S/c1-3-26-20(25)14-7-9-16(10-8-14)23-19(24)15(12-21)13-22-17-5-4-6-18(11-17)27-2/h4-11,13,22H,3H2,1-2H3,(H,23,24)/b15-13-. The van der Waals surface area contributed by atoms with E-state index in [1.807, 2.05) is 36.6 Å². The Kier molecular flexibility index (Phi) is 7.47. The predicted molar refractivity (Wildman–Crippen MR) is 107 cm³/mol. The molecule has 7 heteroatoms. The van der Waals surface area contributed by atoms with Crippen molar-refractivity contribution in [1.82, 2.24) is 0 Å². The Bertz CT molecular complexity index is 886. The van der Waals surface area contributed by atoms with Crippen molar-refractivity contribution in [3.63, 3.8) is 0 Å². The van der Waals surface area contributed by atoms with Gasteiger partial charge in [0.25, 0.3) is 5.91 Å². The van der Waals surface area contributed by atoms with Crippen LogP contribution in [0.4, 0.5) is 11.4 Å². The Balaban J connectivity index is 2.04. The molecule has 0 saturated heterocycles. The number of rotatable bonds is 7. The molecule has 2 rings (SSSR count). The number of ether oxygens (including phenoxy) is 1. The second kappa shape index (κ2) is 10.0. The number of nitrogens with one attached hydrogen (secondary N) is 2. The number of nitrogens with zero attached hydrogens (tertiary/aromatic N) is 1. The minimum absolute atomic E-state index is 0.0703. The lowest BCUT2D eigenvalue weighted by atomic mass is 10.2. The Morgan fingerprint density at radius 3 is 2.56 bits per heavy atom.